The number of hydrogen-bond donors (Lipinski definition) is 0. The third-order valence-electron chi connectivity index (χ3n) is 3.84. The normalized spacial score (nSPS) is 20.3. The first-order chi connectivity index (χ1) is 10.2. The summed E-state index contributed by atoms with van der Waals surface area (Å²) in [6.07, 6.45) is -4.24. The van der Waals surface area contributed by atoms with E-state index in [0.29, 0.717) is 11.1 Å². The van der Waals surface area contributed by atoms with E-state index in [9.17, 15) is 22.4 Å². The number of carbonyl (C=O) groups excluding carboxylic acids is 1. The largest absolute Gasteiger partial charge is 0.401 e. The number of alkyl halides is 3. The second-order valence-electron chi connectivity index (χ2n) is 5.65. The maximum absolute atomic E-state index is 13.2. The zero-order valence-electron chi connectivity index (χ0n) is 12.5. The van der Waals surface area contributed by atoms with E-state index in [4.69, 9.17) is 0 Å². The summed E-state index contributed by atoms with van der Waals surface area (Å²) >= 11 is 0. The fourth-order valence-corrected chi connectivity index (χ4v) is 2.61. The molecule has 1 heterocycles. The topological polar surface area (TPSA) is 23.6 Å². The highest BCUT2D eigenvalue weighted by Crippen LogP contribution is 2.21. The van der Waals surface area contributed by atoms with E-state index in [1.807, 2.05) is 0 Å². The summed E-state index contributed by atoms with van der Waals surface area (Å²) < 4.78 is 50.6. The Morgan fingerprint density at radius 2 is 2.00 bits per heavy atom. The minimum absolute atomic E-state index is 0.173. The summed E-state index contributed by atoms with van der Waals surface area (Å²) in [4.78, 5) is 15.2. The predicted molar refractivity (Wildman–Crippen MR) is 74.1 cm³/mol. The summed E-state index contributed by atoms with van der Waals surface area (Å²) in [6.45, 7) is 2.90. The summed E-state index contributed by atoms with van der Waals surface area (Å²) in [5.41, 5.74) is 0.727. The molecule has 1 amide bonds. The summed E-state index contributed by atoms with van der Waals surface area (Å²) in [5, 5.41) is 0. The minimum Gasteiger partial charge on any atom is -0.336 e. The number of aryl methyl sites for hydroxylation is 1. The summed E-state index contributed by atoms with van der Waals surface area (Å²) in [5.74, 6) is -0.665. The monoisotopic (exact) mass is 318 g/mol. The Balaban J connectivity index is 2.03. The molecular weight excluding hydrogens is 300 g/mol. The van der Waals surface area contributed by atoms with Crippen molar-refractivity contribution in [1.29, 1.82) is 0 Å². The molecular formula is C15H18F4N2O. The van der Waals surface area contributed by atoms with Gasteiger partial charge in [0.1, 0.15) is 5.82 Å². The molecule has 0 aromatic heterocycles. The van der Waals surface area contributed by atoms with Crippen molar-refractivity contribution in [3.05, 3.63) is 35.1 Å². The van der Waals surface area contributed by atoms with Crippen LogP contribution in [0.5, 0.6) is 0 Å². The zero-order valence-corrected chi connectivity index (χ0v) is 12.5. The van der Waals surface area contributed by atoms with Crippen LogP contribution >= 0.6 is 0 Å². The van der Waals surface area contributed by atoms with Crippen molar-refractivity contribution in [3.8, 4) is 0 Å². The van der Waals surface area contributed by atoms with Gasteiger partial charge in [-0.2, -0.15) is 13.2 Å². The first-order valence-electron chi connectivity index (χ1n) is 7.03. The van der Waals surface area contributed by atoms with Gasteiger partial charge in [0.05, 0.1) is 6.54 Å². The number of halogens is 4. The van der Waals surface area contributed by atoms with Gasteiger partial charge in [-0.25, -0.2) is 4.39 Å². The molecule has 1 aromatic rings. The van der Waals surface area contributed by atoms with Crippen LogP contribution in [0.15, 0.2) is 18.2 Å². The van der Waals surface area contributed by atoms with Crippen LogP contribution in [0.1, 0.15) is 22.8 Å². The molecule has 1 fully saturated rings. The van der Waals surface area contributed by atoms with E-state index < -0.39 is 12.7 Å². The quantitative estimate of drug-likeness (QED) is 0.783. The van der Waals surface area contributed by atoms with E-state index >= 15 is 0 Å². The molecule has 1 aromatic carbocycles. The third-order valence-corrected chi connectivity index (χ3v) is 3.84. The van der Waals surface area contributed by atoms with Crippen LogP contribution in [-0.4, -0.2) is 54.1 Å². The molecule has 0 aliphatic carbocycles. The standard InChI is InChI=1S/C15H18F4N2O/c1-10-7-12(3-4-13(10)16)14(22)20-5-6-21(11(2)8-20)9-15(17,18)19/h3-4,7,11H,5-6,8-9H2,1-2H3/t11-/m1/s1. The fraction of sp³-hybridized carbons (Fsp3) is 0.533. The van der Waals surface area contributed by atoms with Crippen molar-refractivity contribution in [2.45, 2.75) is 26.1 Å². The third kappa shape index (κ3) is 3.97. The zero-order chi connectivity index (χ0) is 16.5. The van der Waals surface area contributed by atoms with E-state index in [1.165, 1.54) is 28.0 Å². The lowest BCUT2D eigenvalue weighted by Gasteiger charge is -2.40. The van der Waals surface area contributed by atoms with Gasteiger partial charge in [-0.05, 0) is 37.6 Å². The highest BCUT2D eigenvalue weighted by Gasteiger charge is 2.36. The lowest BCUT2D eigenvalue weighted by Crippen LogP contribution is -2.55. The van der Waals surface area contributed by atoms with Gasteiger partial charge in [-0.15, -0.1) is 0 Å². The van der Waals surface area contributed by atoms with Gasteiger partial charge in [0.25, 0.3) is 5.91 Å². The van der Waals surface area contributed by atoms with Gasteiger partial charge in [0.15, 0.2) is 0 Å². The van der Waals surface area contributed by atoms with Gasteiger partial charge < -0.3 is 4.90 Å². The molecule has 1 aliphatic rings. The maximum Gasteiger partial charge on any atom is 0.401 e. The van der Waals surface area contributed by atoms with Gasteiger partial charge in [0.2, 0.25) is 0 Å². The Hall–Kier alpha value is -1.63. The Morgan fingerprint density at radius 3 is 2.55 bits per heavy atom. The Bertz CT molecular complexity index is 559. The highest BCUT2D eigenvalue weighted by molar-refractivity contribution is 5.94. The number of piperazine rings is 1. The second kappa shape index (κ2) is 6.24. The summed E-state index contributed by atoms with van der Waals surface area (Å²) in [6, 6.07) is 3.72. The smallest absolute Gasteiger partial charge is 0.336 e. The first kappa shape index (κ1) is 16.7. The Morgan fingerprint density at radius 1 is 1.32 bits per heavy atom. The Labute approximate surface area is 126 Å². The van der Waals surface area contributed by atoms with Gasteiger partial charge in [-0.1, -0.05) is 0 Å². The summed E-state index contributed by atoms with van der Waals surface area (Å²) in [7, 11) is 0. The van der Waals surface area contributed by atoms with E-state index in [1.54, 1.807) is 13.8 Å². The maximum atomic E-state index is 13.2. The van der Waals surface area contributed by atoms with Crippen molar-refractivity contribution in [3.63, 3.8) is 0 Å². The highest BCUT2D eigenvalue weighted by atomic mass is 19.4. The van der Waals surface area contributed by atoms with Crippen LogP contribution < -0.4 is 0 Å². The molecule has 2 rings (SSSR count). The molecule has 1 aliphatic heterocycles. The molecule has 3 nitrogen and oxygen atoms in total. The van der Waals surface area contributed by atoms with Crippen molar-refractivity contribution in [2.75, 3.05) is 26.2 Å². The van der Waals surface area contributed by atoms with Crippen molar-refractivity contribution in [2.24, 2.45) is 0 Å². The number of carbonyl (C=O) groups is 1. The number of nitrogens with zero attached hydrogens (tertiary/aromatic N) is 2. The first-order valence-corrected chi connectivity index (χ1v) is 7.03. The SMILES string of the molecule is Cc1cc(C(=O)N2CCN(CC(F)(F)F)[C@H](C)C2)ccc1F. The van der Waals surface area contributed by atoms with Gasteiger partial charge in [-0.3, -0.25) is 9.69 Å². The molecule has 22 heavy (non-hydrogen) atoms. The van der Waals surface area contributed by atoms with Crippen LogP contribution in [0.2, 0.25) is 0 Å². The average Bonchev–Trinajstić information content (AvgIpc) is 2.42. The number of amides is 1. The molecule has 0 spiro atoms. The van der Waals surface area contributed by atoms with Crippen molar-refractivity contribution < 1.29 is 22.4 Å². The molecule has 7 heteroatoms. The van der Waals surface area contributed by atoms with Crippen molar-refractivity contribution >= 4 is 5.91 Å². The van der Waals surface area contributed by atoms with Crippen LogP contribution in [-0.2, 0) is 0 Å². The predicted octanol–water partition coefficient (Wildman–Crippen LogP) is 2.84. The molecule has 122 valence electrons. The number of hydrogen-bond acceptors (Lipinski definition) is 2. The van der Waals surface area contributed by atoms with Crippen LogP contribution in [0.3, 0.4) is 0 Å². The van der Waals surface area contributed by atoms with Crippen LogP contribution in [0.25, 0.3) is 0 Å². The van der Waals surface area contributed by atoms with Gasteiger partial charge >= 0.3 is 6.18 Å². The molecule has 0 bridgehead atoms. The molecule has 1 atom stereocenters. The molecule has 0 saturated carbocycles. The molecule has 0 N–H and O–H groups in total. The molecule has 0 unspecified atom stereocenters. The Kier molecular flexibility index (Phi) is 4.75. The fourth-order valence-electron chi connectivity index (χ4n) is 2.61. The van der Waals surface area contributed by atoms with Crippen LogP contribution in [0.4, 0.5) is 17.6 Å². The minimum atomic E-state index is -4.24. The van der Waals surface area contributed by atoms with E-state index in [-0.39, 0.29) is 37.4 Å². The van der Waals surface area contributed by atoms with E-state index in [0.717, 1.165) is 0 Å². The van der Waals surface area contributed by atoms with Gasteiger partial charge in [0, 0.05) is 31.2 Å². The molecule has 0 radical (unpaired) electrons. The molecule has 1 saturated heterocycles. The van der Waals surface area contributed by atoms with E-state index in [2.05, 4.69) is 0 Å². The lowest BCUT2D eigenvalue weighted by molar-refractivity contribution is -0.153. The van der Waals surface area contributed by atoms with Crippen molar-refractivity contribution in [1.82, 2.24) is 9.80 Å². The average molecular weight is 318 g/mol. The second-order valence-corrected chi connectivity index (χ2v) is 5.65. The lowest BCUT2D eigenvalue weighted by atomic mass is 10.1. The van der Waals surface area contributed by atoms with Crippen LogP contribution in [0, 0.1) is 12.7 Å². The number of rotatable bonds is 2. The number of benzene rings is 1.